The largest absolute Gasteiger partial charge is 0.481 e. The molecular formula is C7H9NO6. The average Bonchev–Trinajstić information content (AvgIpc) is 2.00. The van der Waals surface area contributed by atoms with E-state index in [1.165, 1.54) is 0 Å². The number of hydrogen-bond donors (Lipinski definition) is 3. The second-order valence-electron chi connectivity index (χ2n) is 2.35. The molecule has 3 N–H and O–H groups in total. The molecule has 0 atom stereocenters. The SMILES string of the molecule is O=C(O)CCN=C(CC(=O)O)C(=O)O. The van der Waals surface area contributed by atoms with Crippen LogP contribution in [-0.4, -0.2) is 45.5 Å². The fourth-order valence-electron chi connectivity index (χ4n) is 0.629. The van der Waals surface area contributed by atoms with Gasteiger partial charge in [0.15, 0.2) is 0 Å². The third kappa shape index (κ3) is 5.70. The number of aliphatic carboxylic acids is 3. The highest BCUT2D eigenvalue weighted by molar-refractivity contribution is 6.38. The molecule has 0 fully saturated rings. The number of carbonyl (C=O) groups is 3. The van der Waals surface area contributed by atoms with E-state index in [0.717, 1.165) is 0 Å². The van der Waals surface area contributed by atoms with Gasteiger partial charge in [-0.25, -0.2) is 4.79 Å². The summed E-state index contributed by atoms with van der Waals surface area (Å²) in [4.78, 5) is 33.9. The second kappa shape index (κ2) is 5.68. The fraction of sp³-hybridized carbons (Fsp3) is 0.429. The Morgan fingerprint density at radius 3 is 1.93 bits per heavy atom. The van der Waals surface area contributed by atoms with Gasteiger partial charge < -0.3 is 15.3 Å². The predicted molar refractivity (Wildman–Crippen MR) is 44.4 cm³/mol. The maximum absolute atomic E-state index is 10.4. The monoisotopic (exact) mass is 203 g/mol. The van der Waals surface area contributed by atoms with Gasteiger partial charge in [0.25, 0.3) is 0 Å². The van der Waals surface area contributed by atoms with Crippen LogP contribution >= 0.6 is 0 Å². The van der Waals surface area contributed by atoms with Gasteiger partial charge in [0.2, 0.25) is 0 Å². The van der Waals surface area contributed by atoms with E-state index in [-0.39, 0.29) is 13.0 Å². The van der Waals surface area contributed by atoms with E-state index >= 15 is 0 Å². The van der Waals surface area contributed by atoms with Gasteiger partial charge in [0.05, 0.1) is 19.4 Å². The molecule has 0 bridgehead atoms. The molecule has 0 aromatic rings. The summed E-state index contributed by atoms with van der Waals surface area (Å²) in [6.07, 6.45) is -1.04. The lowest BCUT2D eigenvalue weighted by Crippen LogP contribution is -2.18. The van der Waals surface area contributed by atoms with Crippen molar-refractivity contribution in [3.8, 4) is 0 Å². The first-order valence-electron chi connectivity index (χ1n) is 3.63. The van der Waals surface area contributed by atoms with Crippen LogP contribution in [0.3, 0.4) is 0 Å². The van der Waals surface area contributed by atoms with Gasteiger partial charge >= 0.3 is 17.9 Å². The Morgan fingerprint density at radius 1 is 1.00 bits per heavy atom. The normalized spacial score (nSPS) is 11.0. The fourth-order valence-corrected chi connectivity index (χ4v) is 0.629. The molecule has 7 nitrogen and oxygen atoms in total. The number of rotatable bonds is 6. The van der Waals surface area contributed by atoms with Gasteiger partial charge in [-0.3, -0.25) is 14.6 Å². The Balaban J connectivity index is 4.26. The molecule has 0 heterocycles. The summed E-state index contributed by atoms with van der Waals surface area (Å²) in [6.45, 7) is -0.232. The zero-order chi connectivity index (χ0) is 11.1. The molecule has 0 radical (unpaired) electrons. The molecule has 0 unspecified atom stereocenters. The quantitative estimate of drug-likeness (QED) is 0.498. The Morgan fingerprint density at radius 2 is 1.57 bits per heavy atom. The summed E-state index contributed by atoms with van der Waals surface area (Å²) >= 11 is 0. The van der Waals surface area contributed by atoms with Crippen molar-refractivity contribution in [1.29, 1.82) is 0 Å². The minimum Gasteiger partial charge on any atom is -0.481 e. The number of aliphatic imine (C=N–C) groups is 1. The lowest BCUT2D eigenvalue weighted by molar-refractivity contribution is -0.137. The molecule has 0 aromatic carbocycles. The van der Waals surface area contributed by atoms with E-state index in [1.807, 2.05) is 0 Å². The number of nitrogens with zero attached hydrogens (tertiary/aromatic N) is 1. The summed E-state index contributed by atoms with van der Waals surface area (Å²) in [7, 11) is 0. The summed E-state index contributed by atoms with van der Waals surface area (Å²) in [5.74, 6) is -3.88. The van der Waals surface area contributed by atoms with E-state index in [9.17, 15) is 14.4 Å². The highest BCUT2D eigenvalue weighted by Gasteiger charge is 2.13. The first-order valence-corrected chi connectivity index (χ1v) is 3.63. The van der Waals surface area contributed by atoms with Crippen molar-refractivity contribution in [2.45, 2.75) is 12.8 Å². The zero-order valence-electron chi connectivity index (χ0n) is 7.13. The molecule has 0 aromatic heterocycles. The predicted octanol–water partition coefficient (Wildman–Crippen LogP) is -0.539. The average molecular weight is 203 g/mol. The van der Waals surface area contributed by atoms with Gasteiger partial charge in [-0.05, 0) is 0 Å². The molecule has 14 heavy (non-hydrogen) atoms. The van der Waals surface area contributed by atoms with E-state index in [4.69, 9.17) is 15.3 Å². The lowest BCUT2D eigenvalue weighted by atomic mass is 10.2. The van der Waals surface area contributed by atoms with Crippen LogP contribution in [0, 0.1) is 0 Å². The van der Waals surface area contributed by atoms with Crippen LogP contribution in [0.1, 0.15) is 12.8 Å². The molecule has 7 heteroatoms. The van der Waals surface area contributed by atoms with Crippen molar-refractivity contribution in [3.05, 3.63) is 0 Å². The Hall–Kier alpha value is -1.92. The summed E-state index contributed by atoms with van der Waals surface area (Å²) in [5, 5.41) is 24.9. The topological polar surface area (TPSA) is 124 Å². The van der Waals surface area contributed by atoms with Crippen molar-refractivity contribution in [1.82, 2.24) is 0 Å². The third-order valence-electron chi connectivity index (χ3n) is 1.19. The van der Waals surface area contributed by atoms with Crippen LogP contribution in [0.4, 0.5) is 0 Å². The van der Waals surface area contributed by atoms with Crippen LogP contribution in [0.2, 0.25) is 0 Å². The highest BCUT2D eigenvalue weighted by atomic mass is 16.4. The van der Waals surface area contributed by atoms with Crippen LogP contribution in [0.25, 0.3) is 0 Å². The summed E-state index contributed by atoms with van der Waals surface area (Å²) in [5.41, 5.74) is -0.543. The Kier molecular flexibility index (Phi) is 4.90. The lowest BCUT2D eigenvalue weighted by Gasteiger charge is -1.96. The molecule has 78 valence electrons. The number of carboxylic acid groups (broad SMARTS) is 3. The van der Waals surface area contributed by atoms with Crippen molar-refractivity contribution in [3.63, 3.8) is 0 Å². The zero-order valence-corrected chi connectivity index (χ0v) is 7.13. The standard InChI is InChI=1S/C7H9NO6/c9-5(10)1-2-8-4(7(13)14)3-6(11)12/h1-3H2,(H,9,10)(H,11,12)(H,13,14). The molecular weight excluding hydrogens is 194 g/mol. The van der Waals surface area contributed by atoms with Gasteiger partial charge in [0.1, 0.15) is 5.71 Å². The van der Waals surface area contributed by atoms with Gasteiger partial charge in [-0.1, -0.05) is 0 Å². The summed E-state index contributed by atoms with van der Waals surface area (Å²) in [6, 6.07) is 0. The maximum atomic E-state index is 10.4. The Bertz CT molecular complexity index is 282. The molecule has 0 saturated carbocycles. The second-order valence-corrected chi connectivity index (χ2v) is 2.35. The van der Waals surface area contributed by atoms with E-state index in [0.29, 0.717) is 0 Å². The van der Waals surface area contributed by atoms with Crippen molar-refractivity contribution in [2.75, 3.05) is 6.54 Å². The van der Waals surface area contributed by atoms with Gasteiger partial charge in [-0.15, -0.1) is 0 Å². The third-order valence-corrected chi connectivity index (χ3v) is 1.19. The van der Waals surface area contributed by atoms with E-state index < -0.39 is 30.0 Å². The minimum atomic E-state index is -1.45. The number of hydrogen-bond acceptors (Lipinski definition) is 4. The van der Waals surface area contributed by atoms with Crippen LogP contribution in [0.15, 0.2) is 4.99 Å². The molecule has 0 amide bonds. The molecule has 0 aliphatic carbocycles. The van der Waals surface area contributed by atoms with Crippen molar-refractivity contribution < 1.29 is 29.7 Å². The minimum absolute atomic E-state index is 0.232. The van der Waals surface area contributed by atoms with Gasteiger partial charge in [0, 0.05) is 0 Å². The molecule has 0 saturated heterocycles. The summed E-state index contributed by atoms with van der Waals surface area (Å²) < 4.78 is 0. The van der Waals surface area contributed by atoms with E-state index in [1.54, 1.807) is 0 Å². The van der Waals surface area contributed by atoms with Crippen molar-refractivity contribution in [2.24, 2.45) is 4.99 Å². The molecule has 0 rings (SSSR count). The molecule has 0 spiro atoms. The molecule has 0 aliphatic heterocycles. The first kappa shape index (κ1) is 12.1. The van der Waals surface area contributed by atoms with Crippen molar-refractivity contribution >= 4 is 23.6 Å². The van der Waals surface area contributed by atoms with Crippen LogP contribution in [0.5, 0.6) is 0 Å². The van der Waals surface area contributed by atoms with Crippen LogP contribution in [-0.2, 0) is 14.4 Å². The number of carboxylic acids is 3. The van der Waals surface area contributed by atoms with Gasteiger partial charge in [-0.2, -0.15) is 0 Å². The van der Waals surface area contributed by atoms with Crippen LogP contribution < -0.4 is 0 Å². The first-order chi connectivity index (χ1) is 6.43. The smallest absolute Gasteiger partial charge is 0.350 e. The Labute approximate surface area is 78.7 Å². The van der Waals surface area contributed by atoms with E-state index in [2.05, 4.69) is 4.99 Å². The maximum Gasteiger partial charge on any atom is 0.350 e. The highest BCUT2D eigenvalue weighted by Crippen LogP contribution is 1.91. The molecule has 0 aliphatic rings.